The van der Waals surface area contributed by atoms with Gasteiger partial charge in [0.1, 0.15) is 35.5 Å². The third kappa shape index (κ3) is 5.83. The molecule has 3 N–H and O–H groups in total. The number of aromatic nitrogens is 4. The second-order valence-corrected chi connectivity index (χ2v) is 12.3. The highest BCUT2D eigenvalue weighted by Gasteiger charge is 2.49. The number of carbonyl (C=O) groups is 1. The Kier molecular flexibility index (Phi) is 8.45. The smallest absolute Gasteiger partial charge is 0.317 e. The summed E-state index contributed by atoms with van der Waals surface area (Å²) >= 11 is 0. The fourth-order valence-electron chi connectivity index (χ4n) is 7.24. The van der Waals surface area contributed by atoms with Crippen molar-refractivity contribution in [2.24, 2.45) is 5.41 Å². The summed E-state index contributed by atoms with van der Waals surface area (Å²) in [6.45, 7) is 2.93. The predicted molar refractivity (Wildman–Crippen MR) is 168 cm³/mol. The molecule has 4 aromatic rings. The number of aliphatic carboxylic acids is 1. The van der Waals surface area contributed by atoms with Gasteiger partial charge in [0.25, 0.3) is 0 Å². The van der Waals surface area contributed by atoms with Gasteiger partial charge in [-0.1, -0.05) is 18.2 Å². The van der Waals surface area contributed by atoms with Gasteiger partial charge < -0.3 is 15.6 Å². The van der Waals surface area contributed by atoms with Gasteiger partial charge in [-0.25, -0.2) is 19.0 Å². The van der Waals surface area contributed by atoms with Gasteiger partial charge in [-0.05, 0) is 87.0 Å². The zero-order chi connectivity index (χ0) is 29.6. The number of ether oxygens (including phenoxy) is 1. The quantitative estimate of drug-likeness (QED) is 0.286. The Hall–Kier alpha value is -3.80. The molecule has 1 spiro atoms. The Morgan fingerprint density at radius 2 is 1.73 bits per heavy atom. The van der Waals surface area contributed by atoms with E-state index in [1.54, 1.807) is 4.68 Å². The molecule has 0 radical (unpaired) electrons. The summed E-state index contributed by atoms with van der Waals surface area (Å²) in [5, 5.41) is 14.6. The summed E-state index contributed by atoms with van der Waals surface area (Å²) in [5.41, 5.74) is 8.61. The lowest BCUT2D eigenvalue weighted by Crippen LogP contribution is -2.58. The zero-order valence-electron chi connectivity index (χ0n) is 24.4. The van der Waals surface area contributed by atoms with Crippen molar-refractivity contribution in [3.8, 4) is 22.8 Å². The number of hydrogen-bond acceptors (Lipinski definition) is 8. The summed E-state index contributed by atoms with van der Waals surface area (Å²) in [5.74, 6) is 0.999. The lowest BCUT2D eigenvalue weighted by atomic mass is 9.59. The number of carboxylic acid groups (broad SMARTS) is 1. The third-order valence-corrected chi connectivity index (χ3v) is 9.61. The Morgan fingerprint density at radius 1 is 1.02 bits per heavy atom. The van der Waals surface area contributed by atoms with E-state index in [-0.39, 0.29) is 24.4 Å². The number of halogens is 2. The number of anilines is 1. The van der Waals surface area contributed by atoms with E-state index in [1.807, 2.05) is 59.5 Å². The number of carboxylic acids is 1. The van der Waals surface area contributed by atoms with Gasteiger partial charge in [0.15, 0.2) is 5.65 Å². The summed E-state index contributed by atoms with van der Waals surface area (Å²) < 4.78 is 23.6. The monoisotopic (exact) mass is 621 g/mol. The van der Waals surface area contributed by atoms with Crippen LogP contribution in [0.4, 0.5) is 10.2 Å². The van der Waals surface area contributed by atoms with Crippen molar-refractivity contribution in [3.05, 3.63) is 60.9 Å². The van der Waals surface area contributed by atoms with Crippen molar-refractivity contribution in [1.82, 2.24) is 29.5 Å². The molecule has 2 aliphatic heterocycles. The SMILES string of the molecule is Cl.Nc1ncnc2c1c(-c1ccc(Oc3ccccc3)cc1)nn2C1CCN(C2CC3(CCN(CC(=O)O)CC3)C2)CC1F. The topological polar surface area (TPSA) is 123 Å². The molecule has 0 amide bonds. The van der Waals surface area contributed by atoms with Gasteiger partial charge in [-0.2, -0.15) is 5.10 Å². The molecule has 0 bridgehead atoms. The maximum atomic E-state index is 16.0. The molecule has 12 heteroatoms. The van der Waals surface area contributed by atoms with Crippen molar-refractivity contribution in [1.29, 1.82) is 0 Å². The van der Waals surface area contributed by atoms with Crippen LogP contribution in [-0.4, -0.2) is 85.6 Å². The largest absolute Gasteiger partial charge is 0.480 e. The van der Waals surface area contributed by atoms with E-state index >= 15 is 4.39 Å². The average molecular weight is 622 g/mol. The van der Waals surface area contributed by atoms with Crippen LogP contribution in [0.25, 0.3) is 22.3 Å². The molecule has 44 heavy (non-hydrogen) atoms. The third-order valence-electron chi connectivity index (χ3n) is 9.61. The van der Waals surface area contributed by atoms with Gasteiger partial charge in [0.2, 0.25) is 0 Å². The highest BCUT2D eigenvalue weighted by atomic mass is 35.5. The van der Waals surface area contributed by atoms with Gasteiger partial charge in [0, 0.05) is 24.7 Å². The van der Waals surface area contributed by atoms with Crippen LogP contribution in [0.15, 0.2) is 60.9 Å². The fraction of sp³-hybridized carbons (Fsp3) is 0.438. The van der Waals surface area contributed by atoms with Gasteiger partial charge in [-0.3, -0.25) is 14.6 Å². The molecule has 2 saturated heterocycles. The predicted octanol–water partition coefficient (Wildman–Crippen LogP) is 5.20. The molecule has 3 aliphatic rings. The minimum Gasteiger partial charge on any atom is -0.480 e. The number of nitrogens with zero attached hydrogens (tertiary/aromatic N) is 6. The van der Waals surface area contributed by atoms with E-state index in [2.05, 4.69) is 14.9 Å². The molecule has 2 aromatic heterocycles. The minimum atomic E-state index is -1.10. The van der Waals surface area contributed by atoms with Crippen LogP contribution < -0.4 is 10.5 Å². The molecule has 2 atom stereocenters. The zero-order valence-corrected chi connectivity index (χ0v) is 25.2. The van der Waals surface area contributed by atoms with E-state index in [4.69, 9.17) is 20.7 Å². The average Bonchev–Trinajstić information content (AvgIpc) is 3.38. The van der Waals surface area contributed by atoms with Crippen molar-refractivity contribution < 1.29 is 19.0 Å². The van der Waals surface area contributed by atoms with Crippen LogP contribution in [0.5, 0.6) is 11.5 Å². The Bertz CT molecular complexity index is 1600. The number of likely N-dealkylation sites (tertiary alicyclic amines) is 2. The van der Waals surface area contributed by atoms with Gasteiger partial charge in [-0.15, -0.1) is 12.4 Å². The number of para-hydroxylation sites is 1. The molecular formula is C32H37ClFN7O3. The van der Waals surface area contributed by atoms with Crippen LogP contribution in [0.3, 0.4) is 0 Å². The Labute approximate surface area is 261 Å². The first kappa shape index (κ1) is 30.2. The van der Waals surface area contributed by atoms with Crippen molar-refractivity contribution in [2.75, 3.05) is 38.5 Å². The van der Waals surface area contributed by atoms with E-state index in [0.29, 0.717) is 47.3 Å². The molecular weight excluding hydrogens is 585 g/mol. The molecule has 2 unspecified atom stereocenters. The highest BCUT2D eigenvalue weighted by Crippen LogP contribution is 2.51. The summed E-state index contributed by atoms with van der Waals surface area (Å²) in [7, 11) is 0. The summed E-state index contributed by atoms with van der Waals surface area (Å²) in [6.07, 6.45) is 5.11. The number of nitrogens with two attached hydrogens (primary N) is 1. The fourth-order valence-corrected chi connectivity index (χ4v) is 7.24. The number of nitrogen functional groups attached to an aromatic ring is 1. The molecule has 2 aromatic carbocycles. The molecule has 7 rings (SSSR count). The number of rotatable bonds is 7. The number of fused-ring (bicyclic) bond motifs is 1. The second-order valence-electron chi connectivity index (χ2n) is 12.3. The first-order chi connectivity index (χ1) is 20.9. The van der Waals surface area contributed by atoms with Crippen LogP contribution in [-0.2, 0) is 4.79 Å². The van der Waals surface area contributed by atoms with E-state index < -0.39 is 18.2 Å². The molecule has 232 valence electrons. The maximum Gasteiger partial charge on any atom is 0.317 e. The summed E-state index contributed by atoms with van der Waals surface area (Å²) in [4.78, 5) is 24.1. The van der Waals surface area contributed by atoms with Crippen LogP contribution >= 0.6 is 12.4 Å². The van der Waals surface area contributed by atoms with E-state index in [9.17, 15) is 4.79 Å². The highest BCUT2D eigenvalue weighted by molar-refractivity contribution is 5.98. The lowest BCUT2D eigenvalue weighted by Gasteiger charge is -2.56. The minimum absolute atomic E-state index is 0. The maximum absolute atomic E-state index is 16.0. The lowest BCUT2D eigenvalue weighted by molar-refractivity contribution is -0.139. The molecule has 10 nitrogen and oxygen atoms in total. The van der Waals surface area contributed by atoms with Crippen LogP contribution in [0.2, 0.25) is 0 Å². The normalized spacial score (nSPS) is 22.4. The number of alkyl halides is 1. The first-order valence-electron chi connectivity index (χ1n) is 15.0. The van der Waals surface area contributed by atoms with Gasteiger partial charge >= 0.3 is 5.97 Å². The van der Waals surface area contributed by atoms with Crippen LogP contribution in [0, 0.1) is 5.41 Å². The molecule has 4 heterocycles. The summed E-state index contributed by atoms with van der Waals surface area (Å²) in [6, 6.07) is 17.1. The van der Waals surface area contributed by atoms with Crippen molar-refractivity contribution >= 4 is 35.2 Å². The Balaban J connectivity index is 0.00000343. The van der Waals surface area contributed by atoms with Crippen LogP contribution in [0.1, 0.15) is 38.1 Å². The standard InChI is InChI=1S/C32H36FN7O3.ClH/c33-25-18-39(22-16-32(17-22)11-14-38(15-12-32)19-27(41)42)13-10-26(25)40-31-28(30(34)35-20-36-31)29(37-40)21-6-8-24(9-7-21)43-23-4-2-1-3-5-23;/h1-9,20,22,25-26H,10-19H2,(H,41,42)(H2,34,35,36);1H. The van der Waals surface area contributed by atoms with E-state index in [0.717, 1.165) is 56.6 Å². The number of hydrogen-bond donors (Lipinski definition) is 2. The Morgan fingerprint density at radius 3 is 2.41 bits per heavy atom. The number of piperidine rings is 2. The van der Waals surface area contributed by atoms with E-state index in [1.165, 1.54) is 6.33 Å². The van der Waals surface area contributed by atoms with Gasteiger partial charge in [0.05, 0.1) is 18.0 Å². The van der Waals surface area contributed by atoms with Crippen molar-refractivity contribution in [2.45, 2.75) is 50.4 Å². The number of benzene rings is 2. The molecule has 1 aliphatic carbocycles. The molecule has 3 fully saturated rings. The molecule has 1 saturated carbocycles. The van der Waals surface area contributed by atoms with Crippen molar-refractivity contribution in [3.63, 3.8) is 0 Å². The first-order valence-corrected chi connectivity index (χ1v) is 15.0. The second kappa shape index (κ2) is 12.3.